The fourth-order valence-corrected chi connectivity index (χ4v) is 3.21. The molecular weight excluding hydrogens is 328 g/mol. The lowest BCUT2D eigenvalue weighted by Gasteiger charge is -2.13. The van der Waals surface area contributed by atoms with Gasteiger partial charge in [0.05, 0.1) is 19.1 Å². The van der Waals surface area contributed by atoms with Gasteiger partial charge in [-0.05, 0) is 35.1 Å². The topological polar surface area (TPSA) is 52.6 Å². The quantitative estimate of drug-likeness (QED) is 0.550. The number of esters is 2. The minimum atomic E-state index is -0.360. The lowest BCUT2D eigenvalue weighted by molar-refractivity contribution is -0.148. The van der Waals surface area contributed by atoms with Gasteiger partial charge in [0.1, 0.15) is 5.92 Å². The SMILES string of the molecule is CC(C)C(=O)OCCCCOC(=O)C1c2ccccc2-c2ccccc21. The molecule has 3 rings (SSSR count). The maximum absolute atomic E-state index is 12.7. The Morgan fingerprint density at radius 3 is 1.88 bits per heavy atom. The number of fused-ring (bicyclic) bond motifs is 3. The van der Waals surface area contributed by atoms with Crippen molar-refractivity contribution in [3.63, 3.8) is 0 Å². The first-order valence-corrected chi connectivity index (χ1v) is 9.11. The average Bonchev–Trinajstić information content (AvgIpc) is 2.98. The van der Waals surface area contributed by atoms with Gasteiger partial charge in [0.25, 0.3) is 0 Å². The molecule has 0 heterocycles. The van der Waals surface area contributed by atoms with E-state index in [1.807, 2.05) is 48.5 Å². The summed E-state index contributed by atoms with van der Waals surface area (Å²) in [7, 11) is 0. The third-order valence-electron chi connectivity index (χ3n) is 4.57. The van der Waals surface area contributed by atoms with E-state index in [1.165, 1.54) is 0 Å². The van der Waals surface area contributed by atoms with Crippen LogP contribution in [0, 0.1) is 5.92 Å². The molecule has 4 heteroatoms. The van der Waals surface area contributed by atoms with E-state index in [0.29, 0.717) is 26.1 Å². The van der Waals surface area contributed by atoms with Gasteiger partial charge in [-0.15, -0.1) is 0 Å². The maximum Gasteiger partial charge on any atom is 0.317 e. The molecule has 2 aromatic rings. The number of ether oxygens (including phenoxy) is 2. The maximum atomic E-state index is 12.7. The first-order chi connectivity index (χ1) is 12.6. The summed E-state index contributed by atoms with van der Waals surface area (Å²) in [5.74, 6) is -0.890. The second-order valence-corrected chi connectivity index (χ2v) is 6.80. The Morgan fingerprint density at radius 1 is 0.846 bits per heavy atom. The molecule has 1 aliphatic rings. The molecule has 136 valence electrons. The molecule has 0 saturated carbocycles. The van der Waals surface area contributed by atoms with E-state index in [0.717, 1.165) is 22.3 Å². The van der Waals surface area contributed by atoms with Gasteiger partial charge in [-0.3, -0.25) is 9.59 Å². The van der Waals surface area contributed by atoms with Gasteiger partial charge in [-0.2, -0.15) is 0 Å². The van der Waals surface area contributed by atoms with Crippen molar-refractivity contribution in [1.29, 1.82) is 0 Å². The Balaban J connectivity index is 1.55. The molecule has 0 radical (unpaired) electrons. The van der Waals surface area contributed by atoms with E-state index < -0.39 is 0 Å². The van der Waals surface area contributed by atoms with Crippen LogP contribution in [0.25, 0.3) is 11.1 Å². The van der Waals surface area contributed by atoms with E-state index >= 15 is 0 Å². The number of carbonyl (C=O) groups is 2. The highest BCUT2D eigenvalue weighted by Gasteiger charge is 2.34. The van der Waals surface area contributed by atoms with E-state index in [-0.39, 0.29) is 23.8 Å². The predicted octanol–water partition coefficient (Wildman–Crippen LogP) is 4.32. The highest BCUT2D eigenvalue weighted by atomic mass is 16.5. The fourth-order valence-electron chi connectivity index (χ4n) is 3.21. The normalized spacial score (nSPS) is 12.6. The Kier molecular flexibility index (Phi) is 5.71. The van der Waals surface area contributed by atoms with Crippen LogP contribution in [-0.4, -0.2) is 25.2 Å². The molecule has 4 nitrogen and oxygen atoms in total. The molecule has 0 aromatic heterocycles. The highest BCUT2D eigenvalue weighted by molar-refractivity contribution is 5.93. The van der Waals surface area contributed by atoms with Crippen molar-refractivity contribution in [2.45, 2.75) is 32.6 Å². The third-order valence-corrected chi connectivity index (χ3v) is 4.57. The van der Waals surface area contributed by atoms with Gasteiger partial charge < -0.3 is 9.47 Å². The number of carbonyl (C=O) groups excluding carboxylic acids is 2. The van der Waals surface area contributed by atoms with Gasteiger partial charge in [0.2, 0.25) is 0 Å². The number of hydrogen-bond donors (Lipinski definition) is 0. The first-order valence-electron chi connectivity index (χ1n) is 9.11. The number of rotatable bonds is 7. The van der Waals surface area contributed by atoms with Crippen molar-refractivity contribution in [2.24, 2.45) is 5.92 Å². The summed E-state index contributed by atoms with van der Waals surface area (Å²) in [6.07, 6.45) is 1.36. The summed E-state index contributed by atoms with van der Waals surface area (Å²) in [4.78, 5) is 24.1. The van der Waals surface area contributed by atoms with E-state index in [2.05, 4.69) is 0 Å². The lowest BCUT2D eigenvalue weighted by atomic mass is 9.97. The minimum absolute atomic E-state index is 0.115. The van der Waals surface area contributed by atoms with Gasteiger partial charge in [0.15, 0.2) is 0 Å². The molecule has 0 bridgehead atoms. The molecule has 0 unspecified atom stereocenters. The zero-order valence-corrected chi connectivity index (χ0v) is 15.2. The number of benzene rings is 2. The van der Waals surface area contributed by atoms with E-state index in [4.69, 9.17) is 9.47 Å². The molecule has 0 amide bonds. The van der Waals surface area contributed by atoms with Crippen LogP contribution in [0.2, 0.25) is 0 Å². The van der Waals surface area contributed by atoms with Crippen molar-refractivity contribution in [1.82, 2.24) is 0 Å². The molecule has 0 aliphatic heterocycles. The minimum Gasteiger partial charge on any atom is -0.465 e. The van der Waals surface area contributed by atoms with Crippen molar-refractivity contribution in [3.8, 4) is 11.1 Å². The zero-order valence-electron chi connectivity index (χ0n) is 15.2. The lowest BCUT2D eigenvalue weighted by Crippen LogP contribution is -2.16. The number of hydrogen-bond acceptors (Lipinski definition) is 4. The molecule has 0 spiro atoms. The Bertz CT molecular complexity index is 749. The molecule has 26 heavy (non-hydrogen) atoms. The Labute approximate surface area is 154 Å². The van der Waals surface area contributed by atoms with Gasteiger partial charge >= 0.3 is 11.9 Å². The van der Waals surface area contributed by atoms with Crippen LogP contribution < -0.4 is 0 Å². The van der Waals surface area contributed by atoms with Crippen LogP contribution in [-0.2, 0) is 19.1 Å². The monoisotopic (exact) mass is 352 g/mol. The average molecular weight is 352 g/mol. The molecule has 0 N–H and O–H groups in total. The van der Waals surface area contributed by atoms with Crippen molar-refractivity contribution >= 4 is 11.9 Å². The van der Waals surface area contributed by atoms with Crippen LogP contribution in [0.4, 0.5) is 0 Å². The predicted molar refractivity (Wildman–Crippen MR) is 99.7 cm³/mol. The molecular formula is C22H24O4. The summed E-state index contributed by atoms with van der Waals surface area (Å²) in [6.45, 7) is 4.31. The second kappa shape index (κ2) is 8.17. The molecule has 0 saturated heterocycles. The fraction of sp³-hybridized carbons (Fsp3) is 0.364. The summed E-state index contributed by atoms with van der Waals surface area (Å²) >= 11 is 0. The van der Waals surface area contributed by atoms with Gasteiger partial charge in [0, 0.05) is 0 Å². The summed E-state index contributed by atoms with van der Waals surface area (Å²) < 4.78 is 10.6. The van der Waals surface area contributed by atoms with E-state index in [1.54, 1.807) is 13.8 Å². The largest absolute Gasteiger partial charge is 0.465 e. The van der Waals surface area contributed by atoms with Gasteiger partial charge in [-0.1, -0.05) is 62.4 Å². The van der Waals surface area contributed by atoms with Crippen LogP contribution >= 0.6 is 0 Å². The smallest absolute Gasteiger partial charge is 0.317 e. The van der Waals surface area contributed by atoms with Crippen molar-refractivity contribution in [2.75, 3.05) is 13.2 Å². The second-order valence-electron chi connectivity index (χ2n) is 6.80. The van der Waals surface area contributed by atoms with Crippen molar-refractivity contribution < 1.29 is 19.1 Å². The molecule has 1 aliphatic carbocycles. The molecule has 0 atom stereocenters. The van der Waals surface area contributed by atoms with Gasteiger partial charge in [-0.25, -0.2) is 0 Å². The van der Waals surface area contributed by atoms with Crippen LogP contribution in [0.1, 0.15) is 43.7 Å². The zero-order chi connectivity index (χ0) is 18.5. The first kappa shape index (κ1) is 18.2. The summed E-state index contributed by atoms with van der Waals surface area (Å²) in [5, 5.41) is 0. The van der Waals surface area contributed by atoms with Crippen LogP contribution in [0.3, 0.4) is 0 Å². The number of unbranched alkanes of at least 4 members (excludes halogenated alkanes) is 1. The standard InChI is InChI=1S/C22H24O4/c1-15(2)21(23)25-13-7-8-14-26-22(24)20-18-11-5-3-9-16(18)17-10-4-6-12-19(17)20/h3-6,9-12,15,20H,7-8,13-14H2,1-2H3. The summed E-state index contributed by atoms with van der Waals surface area (Å²) in [6, 6.07) is 16.0. The summed E-state index contributed by atoms with van der Waals surface area (Å²) in [5.41, 5.74) is 4.21. The van der Waals surface area contributed by atoms with E-state index in [9.17, 15) is 9.59 Å². The third kappa shape index (κ3) is 3.79. The molecule has 0 fully saturated rings. The van der Waals surface area contributed by atoms with Crippen LogP contribution in [0.15, 0.2) is 48.5 Å². The Hall–Kier alpha value is -2.62. The van der Waals surface area contributed by atoms with Crippen molar-refractivity contribution in [3.05, 3.63) is 59.7 Å². The van der Waals surface area contributed by atoms with Crippen LogP contribution in [0.5, 0.6) is 0 Å². The highest BCUT2D eigenvalue weighted by Crippen LogP contribution is 2.44. The molecule has 2 aromatic carbocycles. The Morgan fingerprint density at radius 2 is 1.35 bits per heavy atom.